The van der Waals surface area contributed by atoms with Crippen LogP contribution in [0, 0.1) is 6.92 Å². The summed E-state index contributed by atoms with van der Waals surface area (Å²) in [5, 5.41) is 6.13. The number of para-hydroxylation sites is 1. The van der Waals surface area contributed by atoms with Crippen LogP contribution in [0.1, 0.15) is 23.1 Å². The number of furan rings is 1. The first-order valence-electron chi connectivity index (χ1n) is 9.30. The Bertz CT molecular complexity index is 965. The standard InChI is InChI=1S/C21H23N3O3S/c1-14-7-8-19(27-14)21-23-15(13-28-21)11-20(25)24-10-9-22-12-17(24)16-5-3-4-6-18(16)26-2/h3-8,13,17,22H,9-12H2,1-2H3. The average molecular weight is 398 g/mol. The van der Waals surface area contributed by atoms with Crippen LogP contribution < -0.4 is 10.1 Å². The number of carbonyl (C=O) groups excluding carboxylic acids is 1. The van der Waals surface area contributed by atoms with Crippen molar-refractivity contribution in [1.82, 2.24) is 15.2 Å². The number of amides is 1. The Morgan fingerprint density at radius 1 is 1.36 bits per heavy atom. The van der Waals surface area contributed by atoms with Crippen molar-refractivity contribution in [1.29, 1.82) is 0 Å². The van der Waals surface area contributed by atoms with Crippen molar-refractivity contribution < 1.29 is 13.9 Å². The summed E-state index contributed by atoms with van der Waals surface area (Å²) in [5.41, 5.74) is 1.80. The molecule has 0 radical (unpaired) electrons. The molecule has 2 aromatic heterocycles. The van der Waals surface area contributed by atoms with E-state index in [2.05, 4.69) is 10.3 Å². The minimum atomic E-state index is -0.0526. The van der Waals surface area contributed by atoms with Crippen LogP contribution in [0.2, 0.25) is 0 Å². The molecule has 6 nitrogen and oxygen atoms in total. The predicted octanol–water partition coefficient (Wildman–Crippen LogP) is 3.44. The molecule has 0 spiro atoms. The molecule has 28 heavy (non-hydrogen) atoms. The summed E-state index contributed by atoms with van der Waals surface area (Å²) in [6.45, 7) is 4.06. The van der Waals surface area contributed by atoms with E-state index >= 15 is 0 Å². The molecule has 0 saturated carbocycles. The van der Waals surface area contributed by atoms with Gasteiger partial charge < -0.3 is 19.4 Å². The number of thiazole rings is 1. The summed E-state index contributed by atoms with van der Waals surface area (Å²) in [6.07, 6.45) is 0.280. The molecule has 146 valence electrons. The Labute approximate surface area is 168 Å². The van der Waals surface area contributed by atoms with Crippen LogP contribution in [-0.4, -0.2) is 42.5 Å². The lowest BCUT2D eigenvalue weighted by atomic mass is 10.0. The van der Waals surface area contributed by atoms with Crippen LogP contribution in [0.15, 0.2) is 46.2 Å². The lowest BCUT2D eigenvalue weighted by Gasteiger charge is -2.37. The molecule has 4 rings (SSSR count). The monoisotopic (exact) mass is 397 g/mol. The number of aryl methyl sites for hydroxylation is 1. The van der Waals surface area contributed by atoms with Crippen LogP contribution in [-0.2, 0) is 11.2 Å². The van der Waals surface area contributed by atoms with Crippen LogP contribution in [0.4, 0.5) is 0 Å². The van der Waals surface area contributed by atoms with Crippen molar-refractivity contribution in [3.63, 3.8) is 0 Å². The number of nitrogens with one attached hydrogen (secondary N) is 1. The Hall–Kier alpha value is -2.64. The first-order chi connectivity index (χ1) is 13.7. The van der Waals surface area contributed by atoms with Crippen molar-refractivity contribution in [3.05, 3.63) is 58.8 Å². The van der Waals surface area contributed by atoms with Gasteiger partial charge in [0.2, 0.25) is 5.91 Å². The highest BCUT2D eigenvalue weighted by atomic mass is 32.1. The third-order valence-corrected chi connectivity index (χ3v) is 5.80. The molecule has 1 saturated heterocycles. The van der Waals surface area contributed by atoms with Crippen LogP contribution in [0.5, 0.6) is 5.75 Å². The lowest BCUT2D eigenvalue weighted by molar-refractivity contribution is -0.133. The van der Waals surface area contributed by atoms with E-state index in [0.717, 1.165) is 40.1 Å². The molecule has 1 fully saturated rings. The van der Waals surface area contributed by atoms with Gasteiger partial charge in [-0.1, -0.05) is 18.2 Å². The minimum Gasteiger partial charge on any atom is -0.496 e. The van der Waals surface area contributed by atoms with Gasteiger partial charge in [-0.05, 0) is 25.1 Å². The van der Waals surface area contributed by atoms with Crippen LogP contribution in [0.25, 0.3) is 10.8 Å². The number of piperazine rings is 1. The molecule has 1 aromatic carbocycles. The molecule has 1 unspecified atom stereocenters. The number of ether oxygens (including phenoxy) is 1. The van der Waals surface area contributed by atoms with Crippen molar-refractivity contribution in [2.75, 3.05) is 26.7 Å². The fourth-order valence-corrected chi connectivity index (χ4v) is 4.31. The number of hydrogen-bond donors (Lipinski definition) is 1. The fraction of sp³-hybridized carbons (Fsp3) is 0.333. The van der Waals surface area contributed by atoms with Gasteiger partial charge in [-0.25, -0.2) is 4.98 Å². The second-order valence-corrected chi connectivity index (χ2v) is 7.64. The van der Waals surface area contributed by atoms with Gasteiger partial charge in [0.25, 0.3) is 0 Å². The maximum Gasteiger partial charge on any atom is 0.229 e. The molecule has 3 heterocycles. The number of methoxy groups -OCH3 is 1. The first-order valence-corrected chi connectivity index (χ1v) is 10.2. The van der Waals surface area contributed by atoms with E-state index in [1.807, 2.05) is 53.6 Å². The Morgan fingerprint density at radius 3 is 3.00 bits per heavy atom. The zero-order valence-electron chi connectivity index (χ0n) is 16.0. The van der Waals surface area contributed by atoms with Gasteiger partial charge in [0.05, 0.1) is 25.3 Å². The second kappa shape index (κ2) is 8.16. The summed E-state index contributed by atoms with van der Waals surface area (Å²) in [6, 6.07) is 11.7. The molecule has 1 aliphatic rings. The number of nitrogens with zero attached hydrogens (tertiary/aromatic N) is 2. The van der Waals surface area contributed by atoms with Crippen molar-refractivity contribution in [2.24, 2.45) is 0 Å². The number of hydrogen-bond acceptors (Lipinski definition) is 6. The minimum absolute atomic E-state index is 0.0526. The van der Waals surface area contributed by atoms with Crippen molar-refractivity contribution in [3.8, 4) is 16.5 Å². The summed E-state index contributed by atoms with van der Waals surface area (Å²) < 4.78 is 11.1. The van der Waals surface area contributed by atoms with E-state index in [4.69, 9.17) is 9.15 Å². The summed E-state index contributed by atoms with van der Waals surface area (Å²) in [4.78, 5) is 19.6. The van der Waals surface area contributed by atoms with Crippen molar-refractivity contribution in [2.45, 2.75) is 19.4 Å². The molecule has 3 aromatic rings. The van der Waals surface area contributed by atoms with Crippen molar-refractivity contribution >= 4 is 17.2 Å². The van der Waals surface area contributed by atoms with Gasteiger partial charge in [-0.3, -0.25) is 4.79 Å². The molecular weight excluding hydrogens is 374 g/mol. The topological polar surface area (TPSA) is 67.6 Å². The molecule has 1 aliphatic heterocycles. The fourth-order valence-electron chi connectivity index (χ4n) is 3.53. The van der Waals surface area contributed by atoms with E-state index in [0.29, 0.717) is 13.1 Å². The van der Waals surface area contributed by atoms with Gasteiger partial charge in [-0.15, -0.1) is 11.3 Å². The molecular formula is C21H23N3O3S. The van der Waals surface area contributed by atoms with Gasteiger partial charge in [0, 0.05) is 30.6 Å². The predicted molar refractivity (Wildman–Crippen MR) is 109 cm³/mol. The third kappa shape index (κ3) is 3.81. The normalized spacial score (nSPS) is 16.9. The molecule has 1 atom stereocenters. The molecule has 7 heteroatoms. The highest BCUT2D eigenvalue weighted by molar-refractivity contribution is 7.13. The van der Waals surface area contributed by atoms with E-state index in [-0.39, 0.29) is 18.4 Å². The zero-order chi connectivity index (χ0) is 19.5. The highest BCUT2D eigenvalue weighted by Gasteiger charge is 2.30. The van der Waals surface area contributed by atoms with Gasteiger partial charge in [0.15, 0.2) is 10.8 Å². The number of benzene rings is 1. The Morgan fingerprint density at radius 2 is 2.21 bits per heavy atom. The van der Waals surface area contributed by atoms with Gasteiger partial charge >= 0.3 is 0 Å². The van der Waals surface area contributed by atoms with E-state index in [9.17, 15) is 4.79 Å². The number of aromatic nitrogens is 1. The van der Waals surface area contributed by atoms with Gasteiger partial charge in [-0.2, -0.15) is 0 Å². The van der Waals surface area contributed by atoms with Gasteiger partial charge in [0.1, 0.15) is 11.5 Å². The van der Waals surface area contributed by atoms with E-state index in [1.54, 1.807) is 7.11 Å². The summed E-state index contributed by atoms with van der Waals surface area (Å²) in [5.74, 6) is 2.47. The largest absolute Gasteiger partial charge is 0.496 e. The smallest absolute Gasteiger partial charge is 0.229 e. The second-order valence-electron chi connectivity index (χ2n) is 6.78. The quantitative estimate of drug-likeness (QED) is 0.714. The number of rotatable bonds is 5. The van der Waals surface area contributed by atoms with E-state index in [1.165, 1.54) is 11.3 Å². The summed E-state index contributed by atoms with van der Waals surface area (Å²) in [7, 11) is 1.66. The third-order valence-electron chi connectivity index (χ3n) is 4.90. The maximum atomic E-state index is 13.1. The molecule has 0 aliphatic carbocycles. The maximum absolute atomic E-state index is 13.1. The summed E-state index contributed by atoms with van der Waals surface area (Å²) >= 11 is 1.50. The SMILES string of the molecule is COc1ccccc1C1CNCCN1C(=O)Cc1csc(-c2ccc(C)o2)n1. The van der Waals surface area contributed by atoms with Crippen LogP contribution in [0.3, 0.4) is 0 Å². The Kier molecular flexibility index (Phi) is 5.45. The zero-order valence-corrected chi connectivity index (χ0v) is 16.8. The molecule has 0 bridgehead atoms. The van der Waals surface area contributed by atoms with Crippen LogP contribution >= 0.6 is 11.3 Å². The number of carbonyl (C=O) groups is 1. The average Bonchev–Trinajstić information content (AvgIpc) is 3.36. The molecule has 1 N–H and O–H groups in total. The highest BCUT2D eigenvalue weighted by Crippen LogP contribution is 2.31. The lowest BCUT2D eigenvalue weighted by Crippen LogP contribution is -2.49. The first kappa shape index (κ1) is 18.7. The Balaban J connectivity index is 1.52. The van der Waals surface area contributed by atoms with E-state index < -0.39 is 0 Å². The molecule has 1 amide bonds.